The van der Waals surface area contributed by atoms with Crippen molar-refractivity contribution in [3.63, 3.8) is 0 Å². The Morgan fingerprint density at radius 1 is 1.50 bits per heavy atom. The molecule has 24 heavy (non-hydrogen) atoms. The van der Waals surface area contributed by atoms with Crippen LogP contribution in [0.2, 0.25) is 0 Å². The van der Waals surface area contributed by atoms with Gasteiger partial charge in [0.25, 0.3) is 0 Å². The Morgan fingerprint density at radius 2 is 2.29 bits per heavy atom. The predicted octanol–water partition coefficient (Wildman–Crippen LogP) is 1.74. The number of nitrogens with one attached hydrogen (secondary N) is 1. The average Bonchev–Trinajstić information content (AvgIpc) is 2.99. The lowest BCUT2D eigenvalue weighted by Crippen LogP contribution is -2.57. The number of amides is 1. The van der Waals surface area contributed by atoms with E-state index in [-0.39, 0.29) is 11.9 Å². The van der Waals surface area contributed by atoms with Crippen molar-refractivity contribution < 1.29 is 14.1 Å². The summed E-state index contributed by atoms with van der Waals surface area (Å²) in [5.74, 6) is 1.12. The summed E-state index contributed by atoms with van der Waals surface area (Å²) in [5.41, 5.74) is 0. The summed E-state index contributed by atoms with van der Waals surface area (Å²) in [6.07, 6.45) is 1.07. The zero-order valence-electron chi connectivity index (χ0n) is 15.2. The number of rotatable bonds is 8. The number of carbonyl (C=O) groups excluding carboxylic acids is 1. The van der Waals surface area contributed by atoms with Gasteiger partial charge in [-0.1, -0.05) is 12.1 Å². The molecule has 1 N–H and O–H groups in total. The van der Waals surface area contributed by atoms with Gasteiger partial charge in [0, 0.05) is 44.9 Å². The van der Waals surface area contributed by atoms with Crippen LogP contribution in [0.15, 0.2) is 10.6 Å². The zero-order chi connectivity index (χ0) is 17.5. The smallest absolute Gasteiger partial charge is 0.242 e. The largest absolute Gasteiger partial charge is 0.380 e. The molecule has 2 atom stereocenters. The van der Waals surface area contributed by atoms with Crippen LogP contribution in [0.25, 0.3) is 0 Å². The standard InChI is InChI=1S/C17H30N4O3/c1-5-15-12-21(8-7-20(15)9-10-23-6-2)14(4)17(22)18-16-11-13(3)24-19-16/h11,14-15H,5-10,12H2,1-4H3,(H,18,19,22)/t14-,15-/m1/s1. The highest BCUT2D eigenvalue weighted by atomic mass is 16.5. The fourth-order valence-corrected chi connectivity index (χ4v) is 3.10. The van der Waals surface area contributed by atoms with Crippen LogP contribution in [0.3, 0.4) is 0 Å². The quantitative estimate of drug-likeness (QED) is 0.728. The van der Waals surface area contributed by atoms with Crippen molar-refractivity contribution in [1.82, 2.24) is 15.0 Å². The number of hydrogen-bond donors (Lipinski definition) is 1. The normalized spacial score (nSPS) is 20.9. The first-order valence-electron chi connectivity index (χ1n) is 8.85. The van der Waals surface area contributed by atoms with E-state index in [1.165, 1.54) is 0 Å². The van der Waals surface area contributed by atoms with Crippen molar-refractivity contribution in [2.75, 3.05) is 44.7 Å². The fourth-order valence-electron chi connectivity index (χ4n) is 3.10. The lowest BCUT2D eigenvalue weighted by atomic mass is 10.1. The SMILES string of the molecule is CCOCCN1CCN([C@H](C)C(=O)Nc2cc(C)on2)C[C@H]1CC. The second kappa shape index (κ2) is 9.15. The van der Waals surface area contributed by atoms with Gasteiger partial charge in [0.05, 0.1) is 12.6 Å². The second-order valence-corrected chi connectivity index (χ2v) is 6.28. The van der Waals surface area contributed by atoms with Gasteiger partial charge in [-0.25, -0.2) is 0 Å². The topological polar surface area (TPSA) is 70.8 Å². The maximum Gasteiger partial charge on any atom is 0.242 e. The summed E-state index contributed by atoms with van der Waals surface area (Å²) in [6, 6.07) is 2.00. The van der Waals surface area contributed by atoms with Crippen molar-refractivity contribution in [3.05, 3.63) is 11.8 Å². The van der Waals surface area contributed by atoms with Crippen LogP contribution in [0.5, 0.6) is 0 Å². The van der Waals surface area contributed by atoms with Crippen LogP contribution in [0.4, 0.5) is 5.82 Å². The van der Waals surface area contributed by atoms with E-state index >= 15 is 0 Å². The van der Waals surface area contributed by atoms with Crippen molar-refractivity contribution in [2.24, 2.45) is 0 Å². The molecule has 7 nitrogen and oxygen atoms in total. The monoisotopic (exact) mass is 338 g/mol. The number of nitrogens with zero attached hydrogens (tertiary/aromatic N) is 3. The molecular weight excluding hydrogens is 308 g/mol. The number of carbonyl (C=O) groups is 1. The molecule has 1 aromatic heterocycles. The van der Waals surface area contributed by atoms with Gasteiger partial charge in [-0.3, -0.25) is 14.6 Å². The third-order valence-electron chi connectivity index (χ3n) is 4.64. The number of aryl methyl sites for hydroxylation is 1. The highest BCUT2D eigenvalue weighted by Crippen LogP contribution is 2.16. The highest BCUT2D eigenvalue weighted by molar-refractivity contribution is 5.93. The zero-order valence-corrected chi connectivity index (χ0v) is 15.2. The summed E-state index contributed by atoms with van der Waals surface area (Å²) in [4.78, 5) is 17.2. The molecule has 0 radical (unpaired) electrons. The van der Waals surface area contributed by atoms with Crippen LogP contribution in [-0.2, 0) is 9.53 Å². The van der Waals surface area contributed by atoms with E-state index in [2.05, 4.69) is 27.2 Å². The average molecular weight is 338 g/mol. The van der Waals surface area contributed by atoms with Crippen LogP contribution >= 0.6 is 0 Å². The highest BCUT2D eigenvalue weighted by Gasteiger charge is 2.30. The van der Waals surface area contributed by atoms with E-state index in [9.17, 15) is 4.79 Å². The van der Waals surface area contributed by atoms with Crippen molar-refractivity contribution >= 4 is 11.7 Å². The van der Waals surface area contributed by atoms with E-state index in [1.54, 1.807) is 13.0 Å². The van der Waals surface area contributed by atoms with Gasteiger partial charge >= 0.3 is 0 Å². The number of hydrogen-bond acceptors (Lipinski definition) is 6. The third-order valence-corrected chi connectivity index (χ3v) is 4.64. The molecule has 136 valence electrons. The molecule has 1 amide bonds. The molecule has 1 aromatic rings. The molecule has 0 saturated carbocycles. The molecule has 2 heterocycles. The van der Waals surface area contributed by atoms with Crippen molar-refractivity contribution in [3.8, 4) is 0 Å². The Balaban J connectivity index is 1.86. The first-order valence-corrected chi connectivity index (χ1v) is 8.85. The van der Waals surface area contributed by atoms with E-state index in [0.29, 0.717) is 17.6 Å². The van der Waals surface area contributed by atoms with Crippen LogP contribution < -0.4 is 5.32 Å². The Hall–Kier alpha value is -1.44. The summed E-state index contributed by atoms with van der Waals surface area (Å²) in [6.45, 7) is 13.2. The van der Waals surface area contributed by atoms with Gasteiger partial charge < -0.3 is 14.6 Å². The molecule has 0 aromatic carbocycles. The van der Waals surface area contributed by atoms with Gasteiger partial charge in [0.15, 0.2) is 5.82 Å². The minimum Gasteiger partial charge on any atom is -0.380 e. The summed E-state index contributed by atoms with van der Waals surface area (Å²) < 4.78 is 10.5. The van der Waals surface area contributed by atoms with Crippen molar-refractivity contribution in [1.29, 1.82) is 0 Å². The Morgan fingerprint density at radius 3 is 2.92 bits per heavy atom. The van der Waals surface area contributed by atoms with E-state index in [1.807, 2.05) is 13.8 Å². The lowest BCUT2D eigenvalue weighted by molar-refractivity contribution is -0.122. The van der Waals surface area contributed by atoms with E-state index in [4.69, 9.17) is 9.26 Å². The number of piperazine rings is 1. The molecule has 0 bridgehead atoms. The van der Waals surface area contributed by atoms with E-state index in [0.717, 1.165) is 45.8 Å². The van der Waals surface area contributed by atoms with Gasteiger partial charge in [-0.05, 0) is 27.2 Å². The molecular formula is C17H30N4O3. The maximum atomic E-state index is 12.4. The van der Waals surface area contributed by atoms with Crippen molar-refractivity contribution in [2.45, 2.75) is 46.2 Å². The minimum absolute atomic E-state index is 0.0408. The van der Waals surface area contributed by atoms with Gasteiger partial charge in [-0.2, -0.15) is 0 Å². The molecule has 1 aliphatic rings. The number of ether oxygens (including phenoxy) is 1. The molecule has 0 aliphatic carbocycles. The van der Waals surface area contributed by atoms with Gasteiger partial charge in [0.1, 0.15) is 5.76 Å². The fraction of sp³-hybridized carbons (Fsp3) is 0.765. The summed E-state index contributed by atoms with van der Waals surface area (Å²) in [7, 11) is 0. The van der Waals surface area contributed by atoms with Gasteiger partial charge in [0.2, 0.25) is 5.91 Å². The van der Waals surface area contributed by atoms with Crippen LogP contribution in [0, 0.1) is 6.92 Å². The molecule has 2 rings (SSSR count). The molecule has 1 saturated heterocycles. The first kappa shape index (κ1) is 18.9. The first-order chi connectivity index (χ1) is 11.5. The Kier molecular flexibility index (Phi) is 7.20. The molecule has 0 unspecified atom stereocenters. The second-order valence-electron chi connectivity index (χ2n) is 6.28. The lowest BCUT2D eigenvalue weighted by Gasteiger charge is -2.43. The van der Waals surface area contributed by atoms with Gasteiger partial charge in [-0.15, -0.1) is 0 Å². The molecule has 1 fully saturated rings. The number of anilines is 1. The maximum absolute atomic E-state index is 12.4. The Labute approximate surface area is 144 Å². The van der Waals surface area contributed by atoms with Crippen LogP contribution in [-0.4, -0.2) is 72.3 Å². The van der Waals surface area contributed by atoms with Crippen LogP contribution in [0.1, 0.15) is 33.0 Å². The molecule has 1 aliphatic heterocycles. The minimum atomic E-state index is -0.190. The molecule has 0 spiro atoms. The van der Waals surface area contributed by atoms with E-state index < -0.39 is 0 Å². The summed E-state index contributed by atoms with van der Waals surface area (Å²) in [5, 5.41) is 6.65. The molecule has 7 heteroatoms. The Bertz CT molecular complexity index is 520. The third kappa shape index (κ3) is 5.03. The number of aromatic nitrogens is 1. The predicted molar refractivity (Wildman–Crippen MR) is 93.0 cm³/mol. The summed E-state index contributed by atoms with van der Waals surface area (Å²) >= 11 is 0.